The molecule has 2 heterocycles. The molecule has 3 rings (SSSR count). The Morgan fingerprint density at radius 3 is 2.80 bits per heavy atom. The lowest BCUT2D eigenvalue weighted by atomic mass is 9.85. The van der Waals surface area contributed by atoms with Gasteiger partial charge in [0.15, 0.2) is 0 Å². The van der Waals surface area contributed by atoms with Gasteiger partial charge in [0.1, 0.15) is 5.54 Å². The van der Waals surface area contributed by atoms with Gasteiger partial charge in [0, 0.05) is 32.6 Å². The quantitative estimate of drug-likeness (QED) is 0.921. The molecule has 0 bridgehead atoms. The van der Waals surface area contributed by atoms with E-state index in [9.17, 15) is 4.79 Å². The second-order valence-corrected chi connectivity index (χ2v) is 5.65. The number of unbranched alkanes of at least 4 members (excludes halogenated alkanes) is 1. The Morgan fingerprint density at radius 2 is 2.05 bits per heavy atom. The van der Waals surface area contributed by atoms with E-state index in [4.69, 9.17) is 4.74 Å². The fourth-order valence-electron chi connectivity index (χ4n) is 3.09. The number of para-hydroxylation sites is 2. The topological polar surface area (TPSA) is 41.6 Å². The summed E-state index contributed by atoms with van der Waals surface area (Å²) in [7, 11) is 0. The number of ether oxygens (including phenoxy) is 1. The number of benzene rings is 1. The summed E-state index contributed by atoms with van der Waals surface area (Å²) in [4.78, 5) is 15.0. The lowest BCUT2D eigenvalue weighted by Crippen LogP contribution is -2.60. The van der Waals surface area contributed by atoms with E-state index in [0.717, 1.165) is 43.6 Å². The van der Waals surface area contributed by atoms with Crippen LogP contribution in [0.15, 0.2) is 24.3 Å². The number of nitrogens with one attached hydrogen (secondary N) is 1. The fourth-order valence-corrected chi connectivity index (χ4v) is 3.09. The minimum atomic E-state index is -0.458. The smallest absolute Gasteiger partial charge is 0.252 e. The third kappa shape index (κ3) is 2.18. The zero-order valence-corrected chi connectivity index (χ0v) is 12.0. The van der Waals surface area contributed by atoms with Gasteiger partial charge in [0.2, 0.25) is 0 Å². The molecule has 1 aromatic rings. The molecular formula is C16H22N2O2. The van der Waals surface area contributed by atoms with Crippen LogP contribution in [0.25, 0.3) is 0 Å². The van der Waals surface area contributed by atoms with Crippen LogP contribution in [0.4, 0.5) is 11.4 Å². The molecule has 1 fully saturated rings. The highest BCUT2D eigenvalue weighted by Gasteiger charge is 2.46. The van der Waals surface area contributed by atoms with Crippen molar-refractivity contribution < 1.29 is 9.53 Å². The van der Waals surface area contributed by atoms with Gasteiger partial charge in [-0.15, -0.1) is 0 Å². The Balaban J connectivity index is 1.97. The maximum Gasteiger partial charge on any atom is 0.252 e. The van der Waals surface area contributed by atoms with Crippen molar-refractivity contribution in [3.8, 4) is 0 Å². The summed E-state index contributed by atoms with van der Waals surface area (Å²) in [6, 6.07) is 8.11. The second-order valence-electron chi connectivity index (χ2n) is 5.65. The number of rotatable bonds is 3. The standard InChI is InChI=1S/C16H22N2O2/c1-2-3-10-18-14-7-5-4-6-13(14)17-16(15(18)19)8-11-20-12-9-16/h4-7,17H,2-3,8-12H2,1H3. The molecule has 0 saturated carbocycles. The first kappa shape index (κ1) is 13.4. The lowest BCUT2D eigenvalue weighted by molar-refractivity contribution is -0.126. The van der Waals surface area contributed by atoms with Crippen molar-refractivity contribution in [2.75, 3.05) is 30.0 Å². The Labute approximate surface area is 120 Å². The summed E-state index contributed by atoms with van der Waals surface area (Å²) in [6.07, 6.45) is 3.63. The Morgan fingerprint density at radius 1 is 1.30 bits per heavy atom. The summed E-state index contributed by atoms with van der Waals surface area (Å²) >= 11 is 0. The van der Waals surface area contributed by atoms with E-state index in [1.165, 1.54) is 0 Å². The van der Waals surface area contributed by atoms with Crippen molar-refractivity contribution >= 4 is 17.3 Å². The van der Waals surface area contributed by atoms with Gasteiger partial charge in [-0.3, -0.25) is 4.79 Å². The Kier molecular flexibility index (Phi) is 3.66. The predicted molar refractivity (Wildman–Crippen MR) is 80.1 cm³/mol. The van der Waals surface area contributed by atoms with Crippen molar-refractivity contribution in [2.45, 2.75) is 38.1 Å². The van der Waals surface area contributed by atoms with Crippen LogP contribution in [0, 0.1) is 0 Å². The maximum atomic E-state index is 13.0. The van der Waals surface area contributed by atoms with Crippen LogP contribution in [0.1, 0.15) is 32.6 Å². The molecule has 4 heteroatoms. The van der Waals surface area contributed by atoms with Crippen molar-refractivity contribution in [2.24, 2.45) is 0 Å². The Hall–Kier alpha value is -1.55. The molecule has 0 aliphatic carbocycles. The molecule has 1 aromatic carbocycles. The van der Waals surface area contributed by atoms with Crippen LogP contribution in [-0.4, -0.2) is 31.2 Å². The molecule has 1 N–H and O–H groups in total. The van der Waals surface area contributed by atoms with Crippen molar-refractivity contribution in [3.63, 3.8) is 0 Å². The first-order valence-electron chi connectivity index (χ1n) is 7.54. The number of carbonyl (C=O) groups excluding carboxylic acids is 1. The number of anilines is 2. The minimum absolute atomic E-state index is 0.216. The highest BCUT2D eigenvalue weighted by Crippen LogP contribution is 2.39. The van der Waals surface area contributed by atoms with Crippen molar-refractivity contribution in [1.82, 2.24) is 0 Å². The molecule has 1 saturated heterocycles. The summed E-state index contributed by atoms with van der Waals surface area (Å²) in [5.41, 5.74) is 1.63. The minimum Gasteiger partial charge on any atom is -0.381 e. The maximum absolute atomic E-state index is 13.0. The fraction of sp³-hybridized carbons (Fsp3) is 0.562. The molecular weight excluding hydrogens is 252 g/mol. The van der Waals surface area contributed by atoms with Crippen molar-refractivity contribution in [1.29, 1.82) is 0 Å². The van der Waals surface area contributed by atoms with Crippen LogP contribution in [-0.2, 0) is 9.53 Å². The number of fused-ring (bicyclic) bond motifs is 1. The van der Waals surface area contributed by atoms with Gasteiger partial charge in [-0.05, 0) is 18.6 Å². The van der Waals surface area contributed by atoms with E-state index < -0.39 is 5.54 Å². The third-order valence-electron chi connectivity index (χ3n) is 4.30. The number of carbonyl (C=O) groups is 1. The van der Waals surface area contributed by atoms with Crippen LogP contribution >= 0.6 is 0 Å². The van der Waals surface area contributed by atoms with Gasteiger partial charge in [-0.2, -0.15) is 0 Å². The average Bonchev–Trinajstić information content (AvgIpc) is 2.49. The van der Waals surface area contributed by atoms with Crippen LogP contribution in [0.3, 0.4) is 0 Å². The molecule has 4 nitrogen and oxygen atoms in total. The van der Waals surface area contributed by atoms with E-state index in [-0.39, 0.29) is 5.91 Å². The van der Waals surface area contributed by atoms with E-state index in [1.807, 2.05) is 23.1 Å². The SMILES string of the molecule is CCCCN1C(=O)C2(CCOCC2)Nc2ccccc21. The van der Waals surface area contributed by atoms with E-state index in [1.54, 1.807) is 0 Å². The highest BCUT2D eigenvalue weighted by atomic mass is 16.5. The summed E-state index contributed by atoms with van der Waals surface area (Å²) in [5, 5.41) is 3.50. The first-order valence-corrected chi connectivity index (χ1v) is 7.54. The van der Waals surface area contributed by atoms with E-state index >= 15 is 0 Å². The average molecular weight is 274 g/mol. The first-order chi connectivity index (χ1) is 9.77. The number of nitrogens with zero attached hydrogens (tertiary/aromatic N) is 1. The van der Waals surface area contributed by atoms with Gasteiger partial charge in [-0.25, -0.2) is 0 Å². The van der Waals surface area contributed by atoms with Gasteiger partial charge in [-0.1, -0.05) is 25.5 Å². The van der Waals surface area contributed by atoms with Gasteiger partial charge in [0.25, 0.3) is 5.91 Å². The monoisotopic (exact) mass is 274 g/mol. The summed E-state index contributed by atoms with van der Waals surface area (Å²) < 4.78 is 5.44. The van der Waals surface area contributed by atoms with Gasteiger partial charge in [0.05, 0.1) is 11.4 Å². The van der Waals surface area contributed by atoms with Crippen molar-refractivity contribution in [3.05, 3.63) is 24.3 Å². The number of hydrogen-bond acceptors (Lipinski definition) is 3. The highest BCUT2D eigenvalue weighted by molar-refractivity contribution is 6.07. The molecule has 0 radical (unpaired) electrons. The third-order valence-corrected chi connectivity index (χ3v) is 4.30. The summed E-state index contributed by atoms with van der Waals surface area (Å²) in [5.74, 6) is 0.216. The Bertz CT molecular complexity index is 495. The van der Waals surface area contributed by atoms with E-state index in [2.05, 4.69) is 18.3 Å². The normalized spacial score (nSPS) is 20.6. The van der Waals surface area contributed by atoms with Crippen LogP contribution in [0.5, 0.6) is 0 Å². The zero-order chi connectivity index (χ0) is 14.0. The van der Waals surface area contributed by atoms with Gasteiger partial charge < -0.3 is 15.0 Å². The summed E-state index contributed by atoms with van der Waals surface area (Å²) in [6.45, 7) is 4.27. The molecule has 1 spiro atoms. The molecule has 20 heavy (non-hydrogen) atoms. The molecule has 1 amide bonds. The van der Waals surface area contributed by atoms with Gasteiger partial charge >= 0.3 is 0 Å². The second kappa shape index (κ2) is 5.44. The zero-order valence-electron chi connectivity index (χ0n) is 12.0. The molecule has 0 unspecified atom stereocenters. The van der Waals surface area contributed by atoms with Crippen LogP contribution in [0.2, 0.25) is 0 Å². The lowest BCUT2D eigenvalue weighted by Gasteiger charge is -2.45. The molecule has 0 atom stereocenters. The molecule has 0 aromatic heterocycles. The predicted octanol–water partition coefficient (Wildman–Crippen LogP) is 2.79. The largest absolute Gasteiger partial charge is 0.381 e. The number of amides is 1. The van der Waals surface area contributed by atoms with Crippen LogP contribution < -0.4 is 10.2 Å². The number of hydrogen-bond donors (Lipinski definition) is 1. The molecule has 108 valence electrons. The molecule has 2 aliphatic heterocycles. The molecule has 2 aliphatic rings. The van der Waals surface area contributed by atoms with E-state index in [0.29, 0.717) is 13.2 Å².